The molecule has 0 aliphatic carbocycles. The van der Waals surface area contributed by atoms with Gasteiger partial charge in [0.2, 0.25) is 10.0 Å². The van der Waals surface area contributed by atoms with Gasteiger partial charge in [-0.2, -0.15) is 0 Å². The number of benzene rings is 1. The van der Waals surface area contributed by atoms with Crippen LogP contribution in [0.2, 0.25) is 0 Å². The number of hydrogen-bond donors (Lipinski definition) is 1. The zero-order chi connectivity index (χ0) is 15.5. The van der Waals surface area contributed by atoms with E-state index in [1.165, 1.54) is 26.4 Å². The highest BCUT2D eigenvalue weighted by molar-refractivity contribution is 7.89. The third kappa shape index (κ3) is 3.50. The summed E-state index contributed by atoms with van der Waals surface area (Å²) in [6.45, 7) is 0. The number of ether oxygens (including phenoxy) is 1. The fourth-order valence-electron chi connectivity index (χ4n) is 1.67. The third-order valence-corrected chi connectivity index (χ3v) is 4.66. The number of anilines is 2. The van der Waals surface area contributed by atoms with Crippen LogP contribution >= 0.6 is 0 Å². The predicted octanol–water partition coefficient (Wildman–Crippen LogP) is 2.08. The minimum atomic E-state index is -3.45. The summed E-state index contributed by atoms with van der Waals surface area (Å²) in [4.78, 5) is 4.28. The molecule has 21 heavy (non-hydrogen) atoms. The standard InChI is InChI=1S/C14H17N3O3S/c1-17(2)21(18,19)13-7-8-14(15-10-13)16-11-5-4-6-12(9-11)20-3/h4-10H,1-3H3,(H,15,16). The van der Waals surface area contributed by atoms with E-state index in [2.05, 4.69) is 10.3 Å². The van der Waals surface area contributed by atoms with E-state index in [0.717, 1.165) is 15.7 Å². The lowest BCUT2D eigenvalue weighted by Gasteiger charge is -2.12. The molecule has 1 aromatic carbocycles. The second kappa shape index (κ2) is 6.11. The summed E-state index contributed by atoms with van der Waals surface area (Å²) < 4.78 is 30.2. The smallest absolute Gasteiger partial charge is 0.244 e. The lowest BCUT2D eigenvalue weighted by atomic mass is 10.3. The van der Waals surface area contributed by atoms with Crippen LogP contribution in [0.1, 0.15) is 0 Å². The summed E-state index contributed by atoms with van der Waals surface area (Å²) in [5.41, 5.74) is 0.810. The molecule has 0 unspecified atom stereocenters. The van der Waals surface area contributed by atoms with Gasteiger partial charge in [-0.1, -0.05) is 6.07 Å². The van der Waals surface area contributed by atoms with Crippen molar-refractivity contribution >= 4 is 21.5 Å². The molecule has 0 bridgehead atoms. The number of aromatic nitrogens is 1. The Morgan fingerprint density at radius 3 is 2.52 bits per heavy atom. The maximum absolute atomic E-state index is 11.9. The van der Waals surface area contributed by atoms with Crippen LogP contribution < -0.4 is 10.1 Å². The molecular weight excluding hydrogens is 290 g/mol. The van der Waals surface area contributed by atoms with E-state index in [1.54, 1.807) is 13.2 Å². The van der Waals surface area contributed by atoms with E-state index in [4.69, 9.17) is 4.74 Å². The van der Waals surface area contributed by atoms with Crippen molar-refractivity contribution in [3.05, 3.63) is 42.6 Å². The van der Waals surface area contributed by atoms with Crippen molar-refractivity contribution < 1.29 is 13.2 Å². The summed E-state index contributed by atoms with van der Waals surface area (Å²) >= 11 is 0. The molecule has 1 N–H and O–H groups in total. The molecule has 0 saturated carbocycles. The van der Waals surface area contributed by atoms with Crippen LogP contribution in [-0.2, 0) is 10.0 Å². The van der Waals surface area contributed by atoms with Gasteiger partial charge in [-0.05, 0) is 24.3 Å². The van der Waals surface area contributed by atoms with Gasteiger partial charge in [0.05, 0.1) is 7.11 Å². The van der Waals surface area contributed by atoms with E-state index in [-0.39, 0.29) is 4.90 Å². The monoisotopic (exact) mass is 307 g/mol. The second-order valence-electron chi connectivity index (χ2n) is 4.52. The minimum Gasteiger partial charge on any atom is -0.497 e. The highest BCUT2D eigenvalue weighted by Crippen LogP contribution is 2.21. The van der Waals surface area contributed by atoms with Crippen molar-refractivity contribution in [2.24, 2.45) is 0 Å². The number of nitrogens with zero attached hydrogens (tertiary/aromatic N) is 2. The molecule has 2 rings (SSSR count). The number of pyridine rings is 1. The SMILES string of the molecule is COc1cccc(Nc2ccc(S(=O)(=O)N(C)C)cn2)c1. The topological polar surface area (TPSA) is 71.5 Å². The normalized spacial score (nSPS) is 11.4. The van der Waals surface area contributed by atoms with Gasteiger partial charge in [-0.25, -0.2) is 17.7 Å². The fourth-order valence-corrected chi connectivity index (χ4v) is 2.51. The molecule has 1 aromatic heterocycles. The van der Waals surface area contributed by atoms with E-state index in [9.17, 15) is 8.42 Å². The Labute approximate surface area is 124 Å². The molecule has 112 valence electrons. The predicted molar refractivity (Wildman–Crippen MR) is 81.4 cm³/mol. The summed E-state index contributed by atoms with van der Waals surface area (Å²) in [5, 5.41) is 3.09. The number of methoxy groups -OCH3 is 1. The quantitative estimate of drug-likeness (QED) is 0.915. The molecule has 0 radical (unpaired) electrons. The van der Waals surface area contributed by atoms with Crippen LogP contribution in [0.5, 0.6) is 5.75 Å². The highest BCUT2D eigenvalue weighted by Gasteiger charge is 2.17. The van der Waals surface area contributed by atoms with Gasteiger partial charge in [0.25, 0.3) is 0 Å². The highest BCUT2D eigenvalue weighted by atomic mass is 32.2. The maximum atomic E-state index is 11.9. The Morgan fingerprint density at radius 2 is 1.95 bits per heavy atom. The number of hydrogen-bond acceptors (Lipinski definition) is 5. The first-order chi connectivity index (χ1) is 9.93. The zero-order valence-corrected chi connectivity index (χ0v) is 12.9. The van der Waals surface area contributed by atoms with E-state index < -0.39 is 10.0 Å². The summed E-state index contributed by atoms with van der Waals surface area (Å²) in [6, 6.07) is 10.5. The van der Waals surface area contributed by atoms with Crippen LogP contribution in [0.15, 0.2) is 47.5 Å². The Bertz CT molecular complexity index is 712. The molecule has 0 aliphatic heterocycles. The first kappa shape index (κ1) is 15.3. The number of nitrogens with one attached hydrogen (secondary N) is 1. The third-order valence-electron chi connectivity index (χ3n) is 2.86. The van der Waals surface area contributed by atoms with Gasteiger partial charge < -0.3 is 10.1 Å². The summed E-state index contributed by atoms with van der Waals surface area (Å²) in [6.07, 6.45) is 1.33. The zero-order valence-electron chi connectivity index (χ0n) is 12.1. The largest absolute Gasteiger partial charge is 0.497 e. The Balaban J connectivity index is 2.20. The first-order valence-corrected chi connectivity index (χ1v) is 7.67. The van der Waals surface area contributed by atoms with Crippen LogP contribution in [0.3, 0.4) is 0 Å². The Hall–Kier alpha value is -2.12. The fraction of sp³-hybridized carbons (Fsp3) is 0.214. The lowest BCUT2D eigenvalue weighted by molar-refractivity contribution is 0.415. The maximum Gasteiger partial charge on any atom is 0.244 e. The molecule has 1 heterocycles. The van der Waals surface area contributed by atoms with Crippen LogP contribution in [0.25, 0.3) is 0 Å². The van der Waals surface area contributed by atoms with Crippen LogP contribution in [0, 0.1) is 0 Å². The van der Waals surface area contributed by atoms with Crippen molar-refractivity contribution in [1.29, 1.82) is 0 Å². The van der Waals surface area contributed by atoms with Crippen LogP contribution in [0.4, 0.5) is 11.5 Å². The van der Waals surface area contributed by atoms with E-state index >= 15 is 0 Å². The van der Waals surface area contributed by atoms with Crippen molar-refractivity contribution in [3.8, 4) is 5.75 Å². The van der Waals surface area contributed by atoms with Crippen molar-refractivity contribution in [3.63, 3.8) is 0 Å². The molecule has 2 aromatic rings. The molecule has 0 aliphatic rings. The molecule has 0 spiro atoms. The first-order valence-electron chi connectivity index (χ1n) is 6.23. The van der Waals surface area contributed by atoms with Gasteiger partial charge in [0, 0.05) is 32.0 Å². The molecule has 0 saturated heterocycles. The van der Waals surface area contributed by atoms with Gasteiger partial charge >= 0.3 is 0 Å². The van der Waals surface area contributed by atoms with Crippen LogP contribution in [-0.4, -0.2) is 38.9 Å². The van der Waals surface area contributed by atoms with Gasteiger partial charge in [0.1, 0.15) is 16.5 Å². The van der Waals surface area contributed by atoms with E-state index in [0.29, 0.717) is 5.82 Å². The van der Waals surface area contributed by atoms with Crippen molar-refractivity contribution in [2.45, 2.75) is 4.90 Å². The molecule has 6 nitrogen and oxygen atoms in total. The molecule has 0 atom stereocenters. The second-order valence-corrected chi connectivity index (χ2v) is 6.68. The summed E-state index contributed by atoms with van der Waals surface area (Å²) in [7, 11) is 1.11. The minimum absolute atomic E-state index is 0.156. The average molecular weight is 307 g/mol. The average Bonchev–Trinajstić information content (AvgIpc) is 2.48. The Kier molecular flexibility index (Phi) is 4.44. The summed E-state index contributed by atoms with van der Waals surface area (Å²) in [5.74, 6) is 1.28. The molecule has 0 fully saturated rings. The van der Waals surface area contributed by atoms with Crippen molar-refractivity contribution in [1.82, 2.24) is 9.29 Å². The van der Waals surface area contributed by atoms with Crippen molar-refractivity contribution in [2.75, 3.05) is 26.5 Å². The lowest BCUT2D eigenvalue weighted by Crippen LogP contribution is -2.22. The number of sulfonamides is 1. The van der Waals surface area contributed by atoms with Gasteiger partial charge in [0.15, 0.2) is 0 Å². The molecular formula is C14H17N3O3S. The Morgan fingerprint density at radius 1 is 1.19 bits per heavy atom. The van der Waals surface area contributed by atoms with Gasteiger partial charge in [-0.15, -0.1) is 0 Å². The van der Waals surface area contributed by atoms with E-state index in [1.807, 2.05) is 24.3 Å². The van der Waals surface area contributed by atoms with Gasteiger partial charge in [-0.3, -0.25) is 0 Å². The molecule has 0 amide bonds. The molecule has 7 heteroatoms. The number of rotatable bonds is 5.